The molecule has 1 aliphatic rings. The van der Waals surface area contributed by atoms with Gasteiger partial charge in [-0.05, 0) is 32.3 Å². The van der Waals surface area contributed by atoms with Crippen molar-refractivity contribution in [3.8, 4) is 23.0 Å². The highest BCUT2D eigenvalue weighted by atomic mass is 16.7. The van der Waals surface area contributed by atoms with Gasteiger partial charge in [-0.3, -0.25) is 4.79 Å². The van der Waals surface area contributed by atoms with Crippen LogP contribution >= 0.6 is 0 Å². The molecule has 1 atom stereocenters. The summed E-state index contributed by atoms with van der Waals surface area (Å²) in [4.78, 5) is 13.2. The van der Waals surface area contributed by atoms with Gasteiger partial charge in [-0.2, -0.15) is 0 Å². The molecule has 0 bridgehead atoms. The maximum Gasteiger partial charge on any atom is 0.335 e. The summed E-state index contributed by atoms with van der Waals surface area (Å²) < 4.78 is 23.7. The molecule has 1 saturated heterocycles. The summed E-state index contributed by atoms with van der Waals surface area (Å²) in [6, 6.07) is 17.5. The molecule has 3 aromatic rings. The van der Waals surface area contributed by atoms with Gasteiger partial charge in [-0.1, -0.05) is 60.2 Å². The lowest BCUT2D eigenvalue weighted by molar-refractivity contribution is -0.116. The number of aryl methyl sites for hydroxylation is 1. The minimum absolute atomic E-state index is 0.0732. The number of benzene rings is 2. The van der Waals surface area contributed by atoms with Crippen molar-refractivity contribution in [2.45, 2.75) is 46.0 Å². The minimum atomic E-state index is -0.449. The molecule has 1 unspecified atom stereocenters. The van der Waals surface area contributed by atoms with Gasteiger partial charge < -0.3 is 18.6 Å². The van der Waals surface area contributed by atoms with Crippen LogP contribution in [-0.4, -0.2) is 12.9 Å². The predicted molar refractivity (Wildman–Crippen MR) is 115 cm³/mol. The average Bonchev–Trinajstić information content (AvgIpc) is 2.78. The Balaban J connectivity index is 1.71. The van der Waals surface area contributed by atoms with Gasteiger partial charge in [0.25, 0.3) is 0 Å². The van der Waals surface area contributed by atoms with E-state index in [2.05, 4.69) is 0 Å². The van der Waals surface area contributed by atoms with Crippen LogP contribution in [0, 0.1) is 13.8 Å². The topological polar surface area (TPSA) is 57.9 Å². The molecule has 156 valence electrons. The van der Waals surface area contributed by atoms with Crippen molar-refractivity contribution >= 4 is 0 Å². The molecule has 30 heavy (non-hydrogen) atoms. The fourth-order valence-electron chi connectivity index (χ4n) is 3.42. The van der Waals surface area contributed by atoms with Crippen LogP contribution < -0.4 is 14.9 Å². The Labute approximate surface area is 176 Å². The van der Waals surface area contributed by atoms with E-state index in [1.165, 1.54) is 0 Å². The monoisotopic (exact) mass is 406 g/mol. The first-order chi connectivity index (χ1) is 14.6. The molecule has 0 aliphatic carbocycles. The van der Waals surface area contributed by atoms with Gasteiger partial charge >= 0.3 is 5.95 Å². The minimum Gasteiger partial charge on any atom is -0.479 e. The summed E-state index contributed by atoms with van der Waals surface area (Å²) in [5, 5.41) is 0. The van der Waals surface area contributed by atoms with E-state index >= 15 is 0 Å². The molecule has 0 saturated carbocycles. The Morgan fingerprint density at radius 2 is 1.77 bits per heavy atom. The molecule has 1 aromatic heterocycles. The molecule has 0 amide bonds. The van der Waals surface area contributed by atoms with E-state index in [0.29, 0.717) is 17.9 Å². The summed E-state index contributed by atoms with van der Waals surface area (Å²) in [5.41, 5.74) is 3.15. The molecule has 0 N–H and O–H groups in total. The van der Waals surface area contributed by atoms with Crippen LogP contribution in [0.5, 0.6) is 11.7 Å². The third-order valence-electron chi connectivity index (χ3n) is 5.18. The van der Waals surface area contributed by atoms with Gasteiger partial charge in [-0.25, -0.2) is 0 Å². The number of hydrogen-bond donors (Lipinski definition) is 0. The quantitative estimate of drug-likeness (QED) is 0.548. The predicted octanol–water partition coefficient (Wildman–Crippen LogP) is 5.41. The van der Waals surface area contributed by atoms with E-state index < -0.39 is 6.29 Å². The molecule has 2 aromatic carbocycles. The largest absolute Gasteiger partial charge is 0.479 e. The van der Waals surface area contributed by atoms with Gasteiger partial charge in [-0.15, -0.1) is 0 Å². The van der Waals surface area contributed by atoms with Gasteiger partial charge in [0.1, 0.15) is 12.4 Å². The SMILES string of the molecule is Cc1ccc(-c2oc(OC3CCCCO3)c(OCc3ccccc3)c(=O)c2C)cc1. The van der Waals surface area contributed by atoms with Crippen LogP contribution in [0.1, 0.15) is 36.0 Å². The molecule has 5 heteroatoms. The highest BCUT2D eigenvalue weighted by Gasteiger charge is 2.25. The Morgan fingerprint density at radius 3 is 2.47 bits per heavy atom. The number of rotatable bonds is 6. The van der Waals surface area contributed by atoms with Crippen LogP contribution in [0.4, 0.5) is 0 Å². The van der Waals surface area contributed by atoms with Crippen LogP contribution in [0.25, 0.3) is 11.3 Å². The molecule has 4 rings (SSSR count). The lowest BCUT2D eigenvalue weighted by Crippen LogP contribution is -2.26. The number of ether oxygens (including phenoxy) is 3. The summed E-state index contributed by atoms with van der Waals surface area (Å²) in [6.45, 7) is 4.64. The van der Waals surface area contributed by atoms with Crippen molar-refractivity contribution in [1.82, 2.24) is 0 Å². The second kappa shape index (κ2) is 9.18. The van der Waals surface area contributed by atoms with Crippen molar-refractivity contribution in [3.05, 3.63) is 81.5 Å². The maximum absolute atomic E-state index is 13.2. The van der Waals surface area contributed by atoms with Crippen LogP contribution in [-0.2, 0) is 11.3 Å². The maximum atomic E-state index is 13.2. The van der Waals surface area contributed by atoms with E-state index in [-0.39, 0.29) is 23.7 Å². The Bertz CT molecular complexity index is 1030. The summed E-state index contributed by atoms with van der Waals surface area (Å²) >= 11 is 0. The van der Waals surface area contributed by atoms with E-state index in [1.54, 1.807) is 6.92 Å². The van der Waals surface area contributed by atoms with Crippen molar-refractivity contribution in [2.75, 3.05) is 6.61 Å². The van der Waals surface area contributed by atoms with Gasteiger partial charge in [0.15, 0.2) is 0 Å². The zero-order valence-corrected chi connectivity index (χ0v) is 17.4. The normalized spacial score (nSPS) is 16.3. The zero-order chi connectivity index (χ0) is 20.9. The molecular weight excluding hydrogens is 380 g/mol. The van der Waals surface area contributed by atoms with E-state index in [1.807, 2.05) is 61.5 Å². The van der Waals surface area contributed by atoms with Crippen molar-refractivity contribution in [2.24, 2.45) is 0 Å². The molecule has 1 aliphatic heterocycles. The van der Waals surface area contributed by atoms with E-state index in [0.717, 1.165) is 36.0 Å². The Morgan fingerprint density at radius 1 is 1.00 bits per heavy atom. The van der Waals surface area contributed by atoms with Crippen LogP contribution in [0.2, 0.25) is 0 Å². The van der Waals surface area contributed by atoms with Crippen molar-refractivity contribution in [1.29, 1.82) is 0 Å². The van der Waals surface area contributed by atoms with E-state index in [9.17, 15) is 4.79 Å². The summed E-state index contributed by atoms with van der Waals surface area (Å²) in [7, 11) is 0. The second-order valence-electron chi connectivity index (χ2n) is 7.56. The molecule has 1 fully saturated rings. The first kappa shape index (κ1) is 20.2. The van der Waals surface area contributed by atoms with Gasteiger partial charge in [0, 0.05) is 17.5 Å². The Hall–Kier alpha value is -3.05. The summed E-state index contributed by atoms with van der Waals surface area (Å²) in [6.07, 6.45) is 2.31. The lowest BCUT2D eigenvalue weighted by atomic mass is 10.1. The number of hydrogen-bond acceptors (Lipinski definition) is 5. The van der Waals surface area contributed by atoms with E-state index in [4.69, 9.17) is 18.6 Å². The zero-order valence-electron chi connectivity index (χ0n) is 17.4. The fourth-order valence-corrected chi connectivity index (χ4v) is 3.42. The fraction of sp³-hybridized carbons (Fsp3) is 0.320. The van der Waals surface area contributed by atoms with Crippen LogP contribution in [0.15, 0.2) is 63.8 Å². The third-order valence-corrected chi connectivity index (χ3v) is 5.18. The lowest BCUT2D eigenvalue weighted by Gasteiger charge is -2.24. The van der Waals surface area contributed by atoms with Gasteiger partial charge in [0.2, 0.25) is 17.5 Å². The first-order valence-corrected chi connectivity index (χ1v) is 10.3. The third kappa shape index (κ3) is 4.57. The van der Waals surface area contributed by atoms with Crippen molar-refractivity contribution < 1.29 is 18.6 Å². The molecule has 2 heterocycles. The van der Waals surface area contributed by atoms with Crippen LogP contribution in [0.3, 0.4) is 0 Å². The standard InChI is InChI=1S/C25H26O5/c1-17-11-13-20(14-12-17)23-18(2)22(26)24(28-16-19-8-4-3-5-9-19)25(30-23)29-21-10-6-7-15-27-21/h3-5,8-9,11-14,21H,6-7,10,15-16H2,1-2H3. The van der Waals surface area contributed by atoms with Crippen molar-refractivity contribution in [3.63, 3.8) is 0 Å². The average molecular weight is 406 g/mol. The molecule has 0 radical (unpaired) electrons. The smallest absolute Gasteiger partial charge is 0.335 e. The van der Waals surface area contributed by atoms with Gasteiger partial charge in [0.05, 0.1) is 6.61 Å². The first-order valence-electron chi connectivity index (χ1n) is 10.3. The molecular formula is C25H26O5. The highest BCUT2D eigenvalue weighted by Crippen LogP contribution is 2.34. The summed E-state index contributed by atoms with van der Waals surface area (Å²) in [5.74, 6) is 0.642. The molecule has 5 nitrogen and oxygen atoms in total. The molecule has 0 spiro atoms. The Kier molecular flexibility index (Phi) is 6.19. The highest BCUT2D eigenvalue weighted by molar-refractivity contribution is 5.63. The second-order valence-corrected chi connectivity index (χ2v) is 7.56.